The third kappa shape index (κ3) is 3.22. The number of nitrogens with zero attached hydrogens (tertiary/aromatic N) is 2. The number of hydrogen-bond acceptors (Lipinski definition) is 4. The highest BCUT2D eigenvalue weighted by molar-refractivity contribution is 7.17. The fraction of sp³-hybridized carbons (Fsp3) is 0.294. The van der Waals surface area contributed by atoms with Crippen molar-refractivity contribution in [3.63, 3.8) is 0 Å². The summed E-state index contributed by atoms with van der Waals surface area (Å²) in [5, 5.41) is 2.96. The monoisotopic (exact) mass is 329 g/mol. The minimum Gasteiger partial charge on any atom is -0.494 e. The zero-order valence-electron chi connectivity index (χ0n) is 13.4. The SMILES string of the molecule is CCOc1cccc(CNC(=O)c2c(C)nc3sc(C)cn23)c1. The highest BCUT2D eigenvalue weighted by Gasteiger charge is 2.17. The molecule has 0 fully saturated rings. The van der Waals surface area contributed by atoms with Gasteiger partial charge in [-0.15, -0.1) is 11.3 Å². The lowest BCUT2D eigenvalue weighted by Gasteiger charge is -2.08. The van der Waals surface area contributed by atoms with E-state index in [4.69, 9.17) is 4.74 Å². The van der Waals surface area contributed by atoms with Gasteiger partial charge in [-0.1, -0.05) is 12.1 Å². The van der Waals surface area contributed by atoms with E-state index in [2.05, 4.69) is 10.3 Å². The van der Waals surface area contributed by atoms with Crippen LogP contribution >= 0.6 is 11.3 Å². The Morgan fingerprint density at radius 3 is 3.00 bits per heavy atom. The first kappa shape index (κ1) is 15.6. The fourth-order valence-electron chi connectivity index (χ4n) is 2.52. The largest absolute Gasteiger partial charge is 0.494 e. The van der Waals surface area contributed by atoms with Crippen LogP contribution in [0, 0.1) is 13.8 Å². The number of amides is 1. The number of aryl methyl sites for hydroxylation is 2. The van der Waals surface area contributed by atoms with Gasteiger partial charge in [-0.25, -0.2) is 4.98 Å². The molecule has 0 aliphatic rings. The van der Waals surface area contributed by atoms with Crippen LogP contribution in [0.15, 0.2) is 30.5 Å². The van der Waals surface area contributed by atoms with Gasteiger partial charge in [-0.3, -0.25) is 9.20 Å². The molecule has 6 heteroatoms. The maximum atomic E-state index is 12.5. The van der Waals surface area contributed by atoms with Crippen LogP contribution in [0.4, 0.5) is 0 Å². The molecule has 3 rings (SSSR count). The Balaban J connectivity index is 1.76. The number of carbonyl (C=O) groups excluding carboxylic acids is 1. The predicted molar refractivity (Wildman–Crippen MR) is 91.3 cm³/mol. The van der Waals surface area contributed by atoms with Gasteiger partial charge in [0.1, 0.15) is 11.4 Å². The molecule has 5 nitrogen and oxygen atoms in total. The van der Waals surface area contributed by atoms with E-state index < -0.39 is 0 Å². The van der Waals surface area contributed by atoms with Crippen LogP contribution in [0.3, 0.4) is 0 Å². The minimum atomic E-state index is -0.116. The molecule has 0 bridgehead atoms. The van der Waals surface area contributed by atoms with Gasteiger partial charge >= 0.3 is 0 Å². The first-order chi connectivity index (χ1) is 11.1. The third-order valence-corrected chi connectivity index (χ3v) is 4.39. The van der Waals surface area contributed by atoms with E-state index in [1.165, 1.54) is 0 Å². The van der Waals surface area contributed by atoms with Crippen molar-refractivity contribution in [3.05, 3.63) is 52.3 Å². The fourth-order valence-corrected chi connectivity index (χ4v) is 3.39. The van der Waals surface area contributed by atoms with Gasteiger partial charge in [0.15, 0.2) is 4.96 Å². The zero-order valence-corrected chi connectivity index (χ0v) is 14.2. The molecule has 0 saturated heterocycles. The van der Waals surface area contributed by atoms with Crippen LogP contribution in [-0.4, -0.2) is 21.9 Å². The molecule has 1 N–H and O–H groups in total. The molecule has 0 aliphatic heterocycles. The molecule has 120 valence electrons. The second-order valence-electron chi connectivity index (χ2n) is 5.30. The molecule has 1 amide bonds. The lowest BCUT2D eigenvalue weighted by atomic mass is 10.2. The Morgan fingerprint density at radius 2 is 2.22 bits per heavy atom. The number of hydrogen-bond donors (Lipinski definition) is 1. The molecule has 3 aromatic rings. The molecule has 0 radical (unpaired) electrons. The van der Waals surface area contributed by atoms with E-state index in [9.17, 15) is 4.79 Å². The van der Waals surface area contributed by atoms with Crippen molar-refractivity contribution in [3.8, 4) is 5.75 Å². The van der Waals surface area contributed by atoms with Crippen molar-refractivity contribution >= 4 is 22.2 Å². The highest BCUT2D eigenvalue weighted by Crippen LogP contribution is 2.21. The topological polar surface area (TPSA) is 55.6 Å². The van der Waals surface area contributed by atoms with Crippen LogP contribution in [0.1, 0.15) is 33.5 Å². The van der Waals surface area contributed by atoms with E-state index >= 15 is 0 Å². The Labute approximate surface area is 138 Å². The van der Waals surface area contributed by atoms with Crippen LogP contribution in [0.5, 0.6) is 5.75 Å². The van der Waals surface area contributed by atoms with Crippen molar-refractivity contribution in [1.82, 2.24) is 14.7 Å². The summed E-state index contributed by atoms with van der Waals surface area (Å²) in [6, 6.07) is 7.75. The van der Waals surface area contributed by atoms with Crippen molar-refractivity contribution in [2.75, 3.05) is 6.61 Å². The number of aromatic nitrogens is 2. The van der Waals surface area contributed by atoms with Gasteiger partial charge in [0.25, 0.3) is 5.91 Å². The molecule has 0 spiro atoms. The standard InChI is InChI=1S/C17H19N3O2S/c1-4-22-14-7-5-6-13(8-14)9-18-16(21)15-12(3)19-17-20(15)10-11(2)23-17/h5-8,10H,4,9H2,1-3H3,(H,18,21). The van der Waals surface area contributed by atoms with Crippen LogP contribution in [-0.2, 0) is 6.54 Å². The Hall–Kier alpha value is -2.34. The van der Waals surface area contributed by atoms with E-state index in [-0.39, 0.29) is 5.91 Å². The number of thiazole rings is 1. The Bertz CT molecular complexity index is 851. The number of imidazole rings is 1. The minimum absolute atomic E-state index is 0.116. The maximum absolute atomic E-state index is 12.5. The molecular formula is C17H19N3O2S. The molecule has 1 aromatic carbocycles. The van der Waals surface area contributed by atoms with Crippen molar-refractivity contribution < 1.29 is 9.53 Å². The van der Waals surface area contributed by atoms with Crippen molar-refractivity contribution in [2.24, 2.45) is 0 Å². The molecule has 2 aromatic heterocycles. The van der Waals surface area contributed by atoms with E-state index in [0.29, 0.717) is 18.8 Å². The Morgan fingerprint density at radius 1 is 1.39 bits per heavy atom. The first-order valence-corrected chi connectivity index (χ1v) is 8.35. The summed E-state index contributed by atoms with van der Waals surface area (Å²) in [6.45, 7) is 6.90. The van der Waals surface area contributed by atoms with Gasteiger partial charge in [0.05, 0.1) is 12.3 Å². The summed E-state index contributed by atoms with van der Waals surface area (Å²) >= 11 is 1.58. The number of fused-ring (bicyclic) bond motifs is 1. The Kier molecular flexibility index (Phi) is 4.34. The van der Waals surface area contributed by atoms with Crippen molar-refractivity contribution in [1.29, 1.82) is 0 Å². The average Bonchev–Trinajstić information content (AvgIpc) is 3.00. The van der Waals surface area contributed by atoms with Crippen LogP contribution in [0.2, 0.25) is 0 Å². The molecular weight excluding hydrogens is 310 g/mol. The van der Waals surface area contributed by atoms with Crippen LogP contribution in [0.25, 0.3) is 4.96 Å². The van der Waals surface area contributed by atoms with Crippen LogP contribution < -0.4 is 10.1 Å². The average molecular weight is 329 g/mol. The summed E-state index contributed by atoms with van der Waals surface area (Å²) in [5.74, 6) is 0.699. The molecule has 0 atom stereocenters. The third-order valence-electron chi connectivity index (χ3n) is 3.49. The number of benzene rings is 1. The van der Waals surface area contributed by atoms with Gasteiger partial charge < -0.3 is 10.1 Å². The second kappa shape index (κ2) is 6.42. The predicted octanol–water partition coefficient (Wildman–Crippen LogP) is 3.34. The van der Waals surface area contributed by atoms with E-state index in [1.807, 2.05) is 55.6 Å². The highest BCUT2D eigenvalue weighted by atomic mass is 32.1. The van der Waals surface area contributed by atoms with Gasteiger partial charge in [0, 0.05) is 17.6 Å². The smallest absolute Gasteiger partial charge is 0.270 e. The van der Waals surface area contributed by atoms with Gasteiger partial charge in [-0.2, -0.15) is 0 Å². The number of nitrogens with one attached hydrogen (secondary N) is 1. The maximum Gasteiger partial charge on any atom is 0.270 e. The molecule has 23 heavy (non-hydrogen) atoms. The number of rotatable bonds is 5. The molecule has 2 heterocycles. The van der Waals surface area contributed by atoms with Crippen molar-refractivity contribution in [2.45, 2.75) is 27.3 Å². The summed E-state index contributed by atoms with van der Waals surface area (Å²) in [4.78, 5) is 19.0. The number of ether oxygens (including phenoxy) is 1. The van der Waals surface area contributed by atoms with E-state index in [0.717, 1.165) is 26.8 Å². The number of carbonyl (C=O) groups is 1. The molecule has 0 unspecified atom stereocenters. The lowest BCUT2D eigenvalue weighted by Crippen LogP contribution is -2.24. The van der Waals surface area contributed by atoms with E-state index in [1.54, 1.807) is 11.3 Å². The first-order valence-electron chi connectivity index (χ1n) is 7.53. The summed E-state index contributed by atoms with van der Waals surface area (Å²) < 4.78 is 7.34. The summed E-state index contributed by atoms with van der Waals surface area (Å²) in [7, 11) is 0. The zero-order chi connectivity index (χ0) is 16.4. The van der Waals surface area contributed by atoms with Gasteiger partial charge in [-0.05, 0) is 38.5 Å². The molecule has 0 aliphatic carbocycles. The lowest BCUT2D eigenvalue weighted by molar-refractivity contribution is 0.0944. The summed E-state index contributed by atoms with van der Waals surface area (Å²) in [5.41, 5.74) is 2.35. The summed E-state index contributed by atoms with van der Waals surface area (Å²) in [6.07, 6.45) is 1.95. The normalized spacial score (nSPS) is 10.9. The second-order valence-corrected chi connectivity index (χ2v) is 6.52. The molecule has 0 saturated carbocycles. The van der Waals surface area contributed by atoms with Gasteiger partial charge in [0.2, 0.25) is 0 Å². The quantitative estimate of drug-likeness (QED) is 0.781.